The van der Waals surface area contributed by atoms with Crippen molar-refractivity contribution in [3.63, 3.8) is 0 Å². The lowest BCUT2D eigenvalue weighted by Crippen LogP contribution is -2.40. The number of carbonyl (C=O) groups is 3. The molecule has 0 rings (SSSR count). The van der Waals surface area contributed by atoms with Gasteiger partial charge in [-0.15, -0.1) is 0 Å². The van der Waals surface area contributed by atoms with E-state index >= 15 is 0 Å². The van der Waals surface area contributed by atoms with Crippen LogP contribution in [0.3, 0.4) is 0 Å². The number of nitrogens with zero attached hydrogens (tertiary/aromatic N) is 1. The molecule has 0 amide bonds. The highest BCUT2D eigenvalue weighted by Gasteiger charge is 2.25. The Hall–Kier alpha value is -2.75. The van der Waals surface area contributed by atoms with E-state index in [1.807, 2.05) is 21.1 Å². The summed E-state index contributed by atoms with van der Waals surface area (Å²) in [5, 5.41) is 9.70. The van der Waals surface area contributed by atoms with Crippen molar-refractivity contribution in [2.24, 2.45) is 0 Å². The Balaban J connectivity index is 4.12. The van der Waals surface area contributed by atoms with Gasteiger partial charge in [0.15, 0.2) is 6.10 Å². The second-order valence-electron chi connectivity index (χ2n) is 21.6. The Kier molecular flexibility index (Phi) is 52.4. The van der Waals surface area contributed by atoms with Crippen LogP contribution in [0.2, 0.25) is 0 Å². The van der Waals surface area contributed by atoms with Gasteiger partial charge in [-0.3, -0.25) is 9.59 Å². The Bertz CT molecular complexity index is 1320. The van der Waals surface area contributed by atoms with E-state index in [2.05, 4.69) is 62.5 Å². The summed E-state index contributed by atoms with van der Waals surface area (Å²) in [5.41, 5.74) is 0. The second kappa shape index (κ2) is 54.5. The normalized spacial score (nSPS) is 13.1. The van der Waals surface area contributed by atoms with Gasteiger partial charge in [-0.25, -0.2) is 4.79 Å². The van der Waals surface area contributed by atoms with E-state index in [1.54, 1.807) is 0 Å². The van der Waals surface area contributed by atoms with Gasteiger partial charge in [0, 0.05) is 12.8 Å². The summed E-state index contributed by atoms with van der Waals surface area (Å²) in [4.78, 5) is 37.4. The smallest absolute Gasteiger partial charge is 0.361 e. The zero-order valence-corrected chi connectivity index (χ0v) is 47.8. The van der Waals surface area contributed by atoms with Crippen LogP contribution in [0.5, 0.6) is 0 Å². The van der Waals surface area contributed by atoms with Gasteiger partial charge in [-0.2, -0.15) is 0 Å². The molecule has 0 spiro atoms. The van der Waals surface area contributed by atoms with Crippen molar-refractivity contribution in [1.82, 2.24) is 0 Å². The van der Waals surface area contributed by atoms with Crippen molar-refractivity contribution in [2.45, 2.75) is 289 Å². The van der Waals surface area contributed by atoms with Gasteiger partial charge < -0.3 is 28.5 Å². The molecular formula is C63H116NO8+. The number of unbranched alkanes of at least 4 members (excludes halogenated alkanes) is 33. The number of likely N-dealkylation sites (N-methyl/N-ethyl adjacent to an activating group) is 1. The van der Waals surface area contributed by atoms with E-state index in [4.69, 9.17) is 18.9 Å². The molecule has 0 heterocycles. The Morgan fingerprint density at radius 3 is 1.18 bits per heavy atom. The van der Waals surface area contributed by atoms with Crippen molar-refractivity contribution in [1.29, 1.82) is 0 Å². The fourth-order valence-electron chi connectivity index (χ4n) is 8.71. The van der Waals surface area contributed by atoms with Crippen LogP contribution in [0.15, 0.2) is 48.6 Å². The van der Waals surface area contributed by atoms with E-state index in [9.17, 15) is 19.5 Å². The summed E-state index contributed by atoms with van der Waals surface area (Å²) in [5.74, 6) is -2.03. The maximum atomic E-state index is 12.8. The van der Waals surface area contributed by atoms with E-state index in [0.29, 0.717) is 23.9 Å². The first-order valence-corrected chi connectivity index (χ1v) is 30.3. The lowest BCUT2D eigenvalue weighted by molar-refractivity contribution is -0.870. The number of esters is 2. The molecular weight excluding hydrogens is 899 g/mol. The molecule has 2 atom stereocenters. The van der Waals surface area contributed by atoms with E-state index in [1.165, 1.54) is 173 Å². The molecule has 0 aromatic rings. The third kappa shape index (κ3) is 55.0. The van der Waals surface area contributed by atoms with Crippen LogP contribution in [0.1, 0.15) is 277 Å². The quantitative estimate of drug-likeness (QED) is 0.0211. The molecule has 0 aliphatic heterocycles. The van der Waals surface area contributed by atoms with Crippen molar-refractivity contribution in [3.8, 4) is 0 Å². The zero-order valence-electron chi connectivity index (χ0n) is 47.8. The highest BCUT2D eigenvalue weighted by molar-refractivity contribution is 5.71. The Labute approximate surface area is 444 Å². The monoisotopic (exact) mass is 1010 g/mol. The number of quaternary nitrogens is 1. The van der Waals surface area contributed by atoms with Crippen LogP contribution in [-0.2, 0) is 33.3 Å². The number of carboxylic acid groups (broad SMARTS) is 1. The molecule has 0 radical (unpaired) electrons. The largest absolute Gasteiger partial charge is 0.477 e. The number of hydrogen-bond donors (Lipinski definition) is 1. The molecule has 1 N–H and O–H groups in total. The van der Waals surface area contributed by atoms with Crippen molar-refractivity contribution in [2.75, 3.05) is 47.5 Å². The average Bonchev–Trinajstić information content (AvgIpc) is 3.35. The maximum absolute atomic E-state index is 12.8. The van der Waals surface area contributed by atoms with Crippen molar-refractivity contribution in [3.05, 3.63) is 48.6 Å². The van der Waals surface area contributed by atoms with Crippen LogP contribution >= 0.6 is 0 Å². The molecule has 0 bridgehead atoms. The van der Waals surface area contributed by atoms with E-state index in [0.717, 1.165) is 70.6 Å². The molecule has 0 aromatic heterocycles. The number of ether oxygens (including phenoxy) is 4. The second-order valence-corrected chi connectivity index (χ2v) is 21.6. The average molecular weight is 1020 g/mol. The summed E-state index contributed by atoms with van der Waals surface area (Å²) in [6, 6.07) is 0. The Morgan fingerprint density at radius 1 is 0.431 bits per heavy atom. The summed E-state index contributed by atoms with van der Waals surface area (Å²) >= 11 is 0. The van der Waals surface area contributed by atoms with Gasteiger partial charge in [-0.1, -0.05) is 262 Å². The minimum Gasteiger partial charge on any atom is -0.477 e. The van der Waals surface area contributed by atoms with E-state index < -0.39 is 24.3 Å². The van der Waals surface area contributed by atoms with Crippen LogP contribution in [0.25, 0.3) is 0 Å². The first kappa shape index (κ1) is 69.2. The fourth-order valence-corrected chi connectivity index (χ4v) is 8.71. The molecule has 9 nitrogen and oxygen atoms in total. The molecule has 0 aliphatic carbocycles. The van der Waals surface area contributed by atoms with Gasteiger partial charge in [-0.05, 0) is 51.4 Å². The predicted octanol–water partition coefficient (Wildman–Crippen LogP) is 17.9. The highest BCUT2D eigenvalue weighted by atomic mass is 16.7. The fraction of sp³-hybridized carbons (Fsp3) is 0.825. The van der Waals surface area contributed by atoms with Crippen LogP contribution < -0.4 is 0 Å². The minimum absolute atomic E-state index is 0.182. The molecule has 420 valence electrons. The Morgan fingerprint density at radius 2 is 0.792 bits per heavy atom. The van der Waals surface area contributed by atoms with Crippen LogP contribution in [0, 0.1) is 0 Å². The lowest BCUT2D eigenvalue weighted by Gasteiger charge is -2.25. The highest BCUT2D eigenvalue weighted by Crippen LogP contribution is 2.18. The predicted molar refractivity (Wildman–Crippen MR) is 304 cm³/mol. The number of rotatable bonds is 56. The molecule has 9 heteroatoms. The number of hydrogen-bond acceptors (Lipinski definition) is 7. The summed E-state index contributed by atoms with van der Waals surface area (Å²) < 4.78 is 22.9. The zero-order chi connectivity index (χ0) is 52.7. The first-order chi connectivity index (χ1) is 35.1. The number of carboxylic acids is 1. The topological polar surface area (TPSA) is 108 Å². The molecule has 0 aliphatic rings. The van der Waals surface area contributed by atoms with Gasteiger partial charge in [0.2, 0.25) is 0 Å². The molecule has 0 saturated heterocycles. The van der Waals surface area contributed by atoms with Crippen molar-refractivity contribution < 1.29 is 42.9 Å². The van der Waals surface area contributed by atoms with Gasteiger partial charge in [0.1, 0.15) is 13.2 Å². The van der Waals surface area contributed by atoms with Crippen molar-refractivity contribution >= 4 is 17.9 Å². The van der Waals surface area contributed by atoms with Gasteiger partial charge in [0.05, 0.1) is 34.4 Å². The summed E-state index contributed by atoms with van der Waals surface area (Å²) in [7, 11) is 5.96. The van der Waals surface area contributed by atoms with E-state index in [-0.39, 0.29) is 32.2 Å². The number of carbonyl (C=O) groups excluding carboxylic acids is 2. The van der Waals surface area contributed by atoms with Crippen LogP contribution in [0.4, 0.5) is 0 Å². The van der Waals surface area contributed by atoms with Gasteiger partial charge in [0.25, 0.3) is 6.29 Å². The molecule has 2 unspecified atom stereocenters. The lowest BCUT2D eigenvalue weighted by atomic mass is 10.0. The van der Waals surface area contributed by atoms with Gasteiger partial charge >= 0.3 is 17.9 Å². The standard InChI is InChI=1S/C63H115NO8/c1-6-8-10-12-14-16-18-20-22-24-25-26-27-28-29-30-31-32-33-34-35-36-38-39-41-43-45-47-49-51-53-60(65)70-57-59(58-71-63(62(67)68)69-56-55-64(3,4)5)72-61(66)54-52-50-48-46-44-42-40-37-23-21-19-17-15-13-11-9-7-2/h9,11,15,17,21,23,40,42,59,63H,6-8,10,12-14,16,18-20,22,24-39,41,43-58H2,1-5H3/p+1/b11-9-,17-15-,23-21-,42-40-. The number of allylic oxidation sites excluding steroid dienone is 8. The molecule has 72 heavy (non-hydrogen) atoms. The first-order valence-electron chi connectivity index (χ1n) is 30.3. The molecule has 0 aromatic carbocycles. The third-order valence-corrected chi connectivity index (χ3v) is 13.3. The summed E-state index contributed by atoms with van der Waals surface area (Å²) in [6.45, 7) is 4.77. The third-order valence-electron chi connectivity index (χ3n) is 13.3. The molecule has 0 fully saturated rings. The minimum atomic E-state index is -1.52. The SMILES string of the molecule is CC/C=C\C/C=C\C/C=C\C/C=C\CCCCCCC(=O)OC(COC(=O)CCCCCCCCCCCCCCCCCCCCCCCCCCCCCCCC)COC(OCC[N+](C)(C)C)C(=O)O. The van der Waals surface area contributed by atoms with Crippen LogP contribution in [-0.4, -0.2) is 87.4 Å². The molecule has 0 saturated carbocycles. The summed E-state index contributed by atoms with van der Waals surface area (Å²) in [6.07, 6.45) is 65.0. The number of aliphatic carboxylic acids is 1. The maximum Gasteiger partial charge on any atom is 0.361 e.